The van der Waals surface area contributed by atoms with Gasteiger partial charge in [-0.3, -0.25) is 4.90 Å². The number of amides is 2. The lowest BCUT2D eigenvalue weighted by atomic mass is 10.1. The zero-order valence-electron chi connectivity index (χ0n) is 18.2. The number of nitrogens with one attached hydrogen (secondary N) is 1. The molecule has 2 aromatic heterocycles. The van der Waals surface area contributed by atoms with Crippen LogP contribution in [0.3, 0.4) is 0 Å². The number of hydrogen-bond acceptors (Lipinski definition) is 4. The van der Waals surface area contributed by atoms with Crippen LogP contribution in [0.25, 0.3) is 16.9 Å². The minimum absolute atomic E-state index is 0.219. The van der Waals surface area contributed by atoms with Crippen molar-refractivity contribution in [1.29, 1.82) is 0 Å². The number of urea groups is 1. The summed E-state index contributed by atoms with van der Waals surface area (Å²) in [6.07, 6.45) is 2.37. The van der Waals surface area contributed by atoms with E-state index in [9.17, 15) is 4.79 Å². The van der Waals surface area contributed by atoms with E-state index in [1.54, 1.807) is 18.2 Å². The van der Waals surface area contributed by atoms with Crippen molar-refractivity contribution >= 4 is 33.5 Å². The second-order valence-corrected chi connectivity index (χ2v) is 8.65. The van der Waals surface area contributed by atoms with E-state index in [1.165, 1.54) is 0 Å². The summed E-state index contributed by atoms with van der Waals surface area (Å²) in [7, 11) is 1.65. The number of nitrogens with zero attached hydrogens (tertiary/aromatic N) is 4. The van der Waals surface area contributed by atoms with Crippen LogP contribution in [0.4, 0.5) is 16.3 Å². The van der Waals surface area contributed by atoms with Gasteiger partial charge >= 0.3 is 6.03 Å². The van der Waals surface area contributed by atoms with Gasteiger partial charge < -0.3 is 10.1 Å². The number of aromatic nitrogens is 3. The molecule has 4 aromatic rings. The smallest absolute Gasteiger partial charge is 0.327 e. The second-order valence-electron chi connectivity index (χ2n) is 7.74. The minimum atomic E-state index is -0.219. The highest BCUT2D eigenvalue weighted by molar-refractivity contribution is 9.10. The summed E-state index contributed by atoms with van der Waals surface area (Å²) >= 11 is 3.42. The molecule has 2 aromatic carbocycles. The summed E-state index contributed by atoms with van der Waals surface area (Å²) < 4.78 is 8.18. The van der Waals surface area contributed by atoms with Gasteiger partial charge in [0.05, 0.1) is 18.5 Å². The van der Waals surface area contributed by atoms with Crippen LogP contribution < -0.4 is 15.0 Å². The van der Waals surface area contributed by atoms with E-state index in [-0.39, 0.29) is 6.03 Å². The van der Waals surface area contributed by atoms with Crippen LogP contribution in [0.5, 0.6) is 5.75 Å². The molecule has 0 saturated carbocycles. The van der Waals surface area contributed by atoms with Crippen molar-refractivity contribution in [3.8, 4) is 22.7 Å². The number of pyridine rings is 1. The third-order valence-corrected chi connectivity index (χ3v) is 6.31. The molecule has 7 nitrogen and oxygen atoms in total. The summed E-state index contributed by atoms with van der Waals surface area (Å²) in [4.78, 5) is 19.5. The molecule has 166 valence electrons. The number of methoxy groups -OCH3 is 1. The number of anilines is 2. The molecule has 0 fully saturated rings. The number of fused-ring (bicyclic) bond motifs is 3. The van der Waals surface area contributed by atoms with Gasteiger partial charge in [-0.05, 0) is 74.0 Å². The zero-order valence-corrected chi connectivity index (χ0v) is 19.8. The number of rotatable bonds is 3. The van der Waals surface area contributed by atoms with Gasteiger partial charge in [0.2, 0.25) is 0 Å². The zero-order chi connectivity index (χ0) is 22.9. The van der Waals surface area contributed by atoms with Crippen molar-refractivity contribution < 1.29 is 9.53 Å². The van der Waals surface area contributed by atoms with Crippen molar-refractivity contribution in [3.63, 3.8) is 0 Å². The number of benzene rings is 2. The highest BCUT2D eigenvalue weighted by Crippen LogP contribution is 2.36. The fourth-order valence-electron chi connectivity index (χ4n) is 4.07. The molecule has 0 radical (unpaired) electrons. The van der Waals surface area contributed by atoms with Crippen LogP contribution in [-0.4, -0.2) is 34.5 Å². The van der Waals surface area contributed by atoms with Crippen LogP contribution in [0, 0.1) is 6.92 Å². The van der Waals surface area contributed by atoms with Crippen LogP contribution in [0.2, 0.25) is 0 Å². The minimum Gasteiger partial charge on any atom is -0.497 e. The average molecular weight is 504 g/mol. The van der Waals surface area contributed by atoms with Gasteiger partial charge in [0.25, 0.3) is 0 Å². The Labute approximate surface area is 200 Å². The molecular formula is C25H22BrN5O2. The Bertz CT molecular complexity index is 1320. The van der Waals surface area contributed by atoms with E-state index in [4.69, 9.17) is 9.84 Å². The van der Waals surface area contributed by atoms with E-state index >= 15 is 0 Å². The number of hydrogen-bond donors (Lipinski definition) is 1. The Kier molecular flexibility index (Phi) is 5.60. The Hall–Kier alpha value is -3.65. The summed E-state index contributed by atoms with van der Waals surface area (Å²) in [6, 6.07) is 18.9. The molecule has 2 amide bonds. The predicted octanol–water partition coefficient (Wildman–Crippen LogP) is 5.61. The summed E-state index contributed by atoms with van der Waals surface area (Å²) in [5, 5.41) is 7.91. The van der Waals surface area contributed by atoms with Crippen molar-refractivity contribution in [1.82, 2.24) is 14.8 Å². The van der Waals surface area contributed by atoms with Gasteiger partial charge in [0.1, 0.15) is 11.6 Å². The molecule has 3 heterocycles. The number of carbonyl (C=O) groups excluding carboxylic acids is 1. The fraction of sp³-hybridized carbons (Fsp3) is 0.160. The quantitative estimate of drug-likeness (QED) is 0.394. The molecule has 1 N–H and O–H groups in total. The molecule has 33 heavy (non-hydrogen) atoms. The van der Waals surface area contributed by atoms with Crippen molar-refractivity contribution in [2.45, 2.75) is 13.3 Å². The lowest BCUT2D eigenvalue weighted by Crippen LogP contribution is -2.37. The van der Waals surface area contributed by atoms with E-state index in [0.717, 1.165) is 44.1 Å². The maximum atomic E-state index is 13.2. The summed E-state index contributed by atoms with van der Waals surface area (Å²) in [5.74, 6) is 1.40. The lowest BCUT2D eigenvalue weighted by molar-refractivity contribution is 0.257. The van der Waals surface area contributed by atoms with Gasteiger partial charge in [-0.2, -0.15) is 5.10 Å². The number of halogens is 1. The van der Waals surface area contributed by atoms with Crippen LogP contribution in [0.1, 0.15) is 11.3 Å². The van der Waals surface area contributed by atoms with Gasteiger partial charge in [-0.15, -0.1) is 0 Å². The first-order chi connectivity index (χ1) is 16.0. The SMILES string of the molecule is COc1ccc(-n2nc3c(c2C)CCN(C(=O)Nc2ccc(Br)cc2)c2ncccc2-3)cc1. The molecule has 0 bridgehead atoms. The largest absolute Gasteiger partial charge is 0.497 e. The Morgan fingerprint density at radius 3 is 2.58 bits per heavy atom. The lowest BCUT2D eigenvalue weighted by Gasteiger charge is -2.22. The van der Waals surface area contributed by atoms with Crippen LogP contribution in [0.15, 0.2) is 71.3 Å². The molecule has 1 aliphatic rings. The average Bonchev–Trinajstić information content (AvgIpc) is 3.07. The van der Waals surface area contributed by atoms with Crippen molar-refractivity contribution in [2.24, 2.45) is 0 Å². The molecular weight excluding hydrogens is 482 g/mol. The first-order valence-electron chi connectivity index (χ1n) is 10.6. The first kappa shape index (κ1) is 21.2. The van der Waals surface area contributed by atoms with E-state index in [1.807, 2.05) is 65.3 Å². The molecule has 0 unspecified atom stereocenters. The molecule has 0 spiro atoms. The van der Waals surface area contributed by atoms with Crippen molar-refractivity contribution in [2.75, 3.05) is 23.9 Å². The van der Waals surface area contributed by atoms with E-state index in [0.29, 0.717) is 18.8 Å². The second kappa shape index (κ2) is 8.71. The van der Waals surface area contributed by atoms with Crippen LogP contribution in [-0.2, 0) is 6.42 Å². The fourth-order valence-corrected chi connectivity index (χ4v) is 4.34. The Morgan fingerprint density at radius 1 is 1.09 bits per heavy atom. The molecule has 0 atom stereocenters. The maximum absolute atomic E-state index is 13.2. The third kappa shape index (κ3) is 3.98. The van der Waals surface area contributed by atoms with Gasteiger partial charge in [-0.1, -0.05) is 15.9 Å². The molecule has 0 aliphatic carbocycles. The normalized spacial score (nSPS) is 12.5. The molecule has 5 rings (SSSR count). The van der Waals surface area contributed by atoms with E-state index in [2.05, 4.69) is 33.2 Å². The summed E-state index contributed by atoms with van der Waals surface area (Å²) in [6.45, 7) is 2.55. The van der Waals surface area contributed by atoms with Gasteiger partial charge in [0.15, 0.2) is 0 Å². The van der Waals surface area contributed by atoms with Gasteiger partial charge in [-0.25, -0.2) is 14.5 Å². The summed E-state index contributed by atoms with van der Waals surface area (Å²) in [5.41, 5.74) is 5.52. The molecule has 0 saturated heterocycles. The van der Waals surface area contributed by atoms with E-state index < -0.39 is 0 Å². The molecule has 1 aliphatic heterocycles. The Balaban J connectivity index is 1.52. The van der Waals surface area contributed by atoms with Crippen LogP contribution >= 0.6 is 15.9 Å². The highest BCUT2D eigenvalue weighted by Gasteiger charge is 2.29. The monoisotopic (exact) mass is 503 g/mol. The standard InChI is InChI=1S/C25H22BrN5O2/c1-16-21-13-15-30(25(32)28-18-7-5-17(26)6-8-18)24-22(4-3-14-27-24)23(21)29-31(16)19-9-11-20(33-2)12-10-19/h3-12,14H,13,15H2,1-2H3,(H,28,32). The first-order valence-corrected chi connectivity index (χ1v) is 11.4. The number of carbonyl (C=O) groups is 1. The van der Waals surface area contributed by atoms with Crippen molar-refractivity contribution in [3.05, 3.63) is 82.6 Å². The predicted molar refractivity (Wildman–Crippen MR) is 132 cm³/mol. The topological polar surface area (TPSA) is 72.3 Å². The third-order valence-electron chi connectivity index (χ3n) is 5.78. The highest BCUT2D eigenvalue weighted by atomic mass is 79.9. The maximum Gasteiger partial charge on any atom is 0.327 e. The Morgan fingerprint density at radius 2 is 1.85 bits per heavy atom. The molecule has 8 heteroatoms. The number of ether oxygens (including phenoxy) is 1. The van der Waals surface area contributed by atoms with Gasteiger partial charge in [0, 0.05) is 39.7 Å².